The summed E-state index contributed by atoms with van der Waals surface area (Å²) in [6.07, 6.45) is 2.14. The Morgan fingerprint density at radius 3 is 2.65 bits per heavy atom. The van der Waals surface area contributed by atoms with Crippen LogP contribution in [0.25, 0.3) is 0 Å². The van der Waals surface area contributed by atoms with E-state index in [0.29, 0.717) is 31.9 Å². The third kappa shape index (κ3) is 6.02. The van der Waals surface area contributed by atoms with Gasteiger partial charge in [-0.05, 0) is 31.5 Å². The van der Waals surface area contributed by atoms with Crippen LogP contribution < -0.4 is 0 Å². The van der Waals surface area contributed by atoms with Crippen molar-refractivity contribution in [1.29, 1.82) is 0 Å². The summed E-state index contributed by atoms with van der Waals surface area (Å²) >= 11 is 0. The molecule has 0 bridgehead atoms. The number of rotatable bonds is 10. The summed E-state index contributed by atoms with van der Waals surface area (Å²) in [6, 6.07) is 11.4. The van der Waals surface area contributed by atoms with Crippen molar-refractivity contribution in [3.63, 3.8) is 0 Å². The molecule has 1 aromatic carbocycles. The summed E-state index contributed by atoms with van der Waals surface area (Å²) < 4.78 is 15.8. The van der Waals surface area contributed by atoms with Crippen LogP contribution in [-0.2, 0) is 19.1 Å². The number of amides is 1. The maximum Gasteiger partial charge on any atom is 0.320 e. The number of esters is 1. The second-order valence-electron chi connectivity index (χ2n) is 7.39. The van der Waals surface area contributed by atoms with Crippen molar-refractivity contribution in [2.45, 2.75) is 26.3 Å². The lowest BCUT2D eigenvalue weighted by atomic mass is 10.0. The van der Waals surface area contributed by atoms with E-state index < -0.39 is 0 Å². The van der Waals surface area contributed by atoms with Crippen LogP contribution in [0.1, 0.15) is 36.3 Å². The molecule has 1 aliphatic rings. The van der Waals surface area contributed by atoms with Crippen LogP contribution >= 0.6 is 0 Å². The number of hydrogen-bond acceptors (Lipinski definition) is 7. The van der Waals surface area contributed by atoms with Crippen molar-refractivity contribution < 1.29 is 23.5 Å². The largest absolute Gasteiger partial charge is 0.467 e. The zero-order valence-corrected chi connectivity index (χ0v) is 18.2. The zero-order valence-electron chi connectivity index (χ0n) is 18.2. The normalized spacial score (nSPS) is 15.9. The minimum atomic E-state index is -0.376. The van der Waals surface area contributed by atoms with Gasteiger partial charge in [0, 0.05) is 20.1 Å². The molecule has 2 heterocycles. The Hall–Kier alpha value is -2.97. The van der Waals surface area contributed by atoms with Gasteiger partial charge >= 0.3 is 5.97 Å². The second-order valence-corrected chi connectivity index (χ2v) is 7.39. The van der Waals surface area contributed by atoms with Gasteiger partial charge in [-0.2, -0.15) is 5.10 Å². The fourth-order valence-corrected chi connectivity index (χ4v) is 3.45. The Kier molecular flexibility index (Phi) is 7.97. The molecule has 0 N–H and O–H groups in total. The maximum atomic E-state index is 13.2. The van der Waals surface area contributed by atoms with Crippen LogP contribution in [0, 0.1) is 6.92 Å². The van der Waals surface area contributed by atoms with E-state index in [2.05, 4.69) is 5.10 Å². The van der Waals surface area contributed by atoms with Crippen LogP contribution in [0.3, 0.4) is 0 Å². The summed E-state index contributed by atoms with van der Waals surface area (Å²) in [6.45, 7) is 4.92. The SMILES string of the molecule is CCOC(=O)CN(CCOC)CC(=O)N1N=C(c2ccc(C)cc2)C[C@H]1c1ccco1. The Morgan fingerprint density at radius 2 is 2.00 bits per heavy atom. The molecular formula is C23H29N3O5. The van der Waals surface area contributed by atoms with Gasteiger partial charge in [0.05, 0.1) is 38.3 Å². The average molecular weight is 428 g/mol. The first-order chi connectivity index (χ1) is 15.0. The van der Waals surface area contributed by atoms with Crippen molar-refractivity contribution in [3.05, 3.63) is 59.5 Å². The summed E-state index contributed by atoms with van der Waals surface area (Å²) in [5.74, 6) is 0.0798. The lowest BCUT2D eigenvalue weighted by Gasteiger charge is -2.25. The highest BCUT2D eigenvalue weighted by atomic mass is 16.5. The number of nitrogens with zero attached hydrogens (tertiary/aromatic N) is 3. The number of benzene rings is 1. The number of ether oxygens (including phenoxy) is 2. The number of methoxy groups -OCH3 is 1. The highest BCUT2D eigenvalue weighted by molar-refractivity contribution is 6.03. The van der Waals surface area contributed by atoms with Gasteiger partial charge in [0.1, 0.15) is 11.8 Å². The van der Waals surface area contributed by atoms with Crippen LogP contribution in [0.2, 0.25) is 0 Å². The van der Waals surface area contributed by atoms with Crippen LogP contribution in [0.4, 0.5) is 0 Å². The first-order valence-corrected chi connectivity index (χ1v) is 10.4. The molecule has 0 saturated carbocycles. The predicted octanol–water partition coefficient (Wildman–Crippen LogP) is 2.78. The van der Waals surface area contributed by atoms with Gasteiger partial charge in [0.25, 0.3) is 5.91 Å². The summed E-state index contributed by atoms with van der Waals surface area (Å²) in [4.78, 5) is 26.9. The van der Waals surface area contributed by atoms with Crippen molar-refractivity contribution in [1.82, 2.24) is 9.91 Å². The molecule has 1 aromatic heterocycles. The minimum Gasteiger partial charge on any atom is -0.467 e. The molecule has 0 radical (unpaired) electrons. The number of carbonyl (C=O) groups is 2. The molecule has 8 heteroatoms. The third-order valence-electron chi connectivity index (χ3n) is 5.05. The number of furan rings is 1. The molecule has 1 aliphatic heterocycles. The maximum absolute atomic E-state index is 13.2. The summed E-state index contributed by atoms with van der Waals surface area (Å²) in [5.41, 5.74) is 2.95. The highest BCUT2D eigenvalue weighted by Gasteiger charge is 2.35. The molecule has 2 aromatic rings. The Bertz CT molecular complexity index is 892. The fraction of sp³-hybridized carbons (Fsp3) is 0.435. The molecule has 0 unspecified atom stereocenters. The summed E-state index contributed by atoms with van der Waals surface area (Å²) in [5, 5.41) is 6.11. The average Bonchev–Trinajstić information content (AvgIpc) is 3.42. The number of hydrogen-bond donors (Lipinski definition) is 0. The Labute approximate surface area is 182 Å². The van der Waals surface area contributed by atoms with E-state index in [1.807, 2.05) is 37.3 Å². The number of aryl methyl sites for hydroxylation is 1. The van der Waals surface area contributed by atoms with Crippen LogP contribution in [-0.4, -0.2) is 67.5 Å². The van der Waals surface area contributed by atoms with E-state index in [1.54, 1.807) is 31.3 Å². The molecule has 31 heavy (non-hydrogen) atoms. The Balaban J connectivity index is 1.79. The molecule has 3 rings (SSSR count). The molecule has 1 amide bonds. The molecule has 166 valence electrons. The van der Waals surface area contributed by atoms with Crippen molar-refractivity contribution in [3.8, 4) is 0 Å². The van der Waals surface area contributed by atoms with Crippen LogP contribution in [0.15, 0.2) is 52.2 Å². The lowest BCUT2D eigenvalue weighted by molar-refractivity contribution is -0.145. The Morgan fingerprint density at radius 1 is 1.23 bits per heavy atom. The number of carbonyl (C=O) groups excluding carboxylic acids is 2. The fourth-order valence-electron chi connectivity index (χ4n) is 3.45. The predicted molar refractivity (Wildman–Crippen MR) is 116 cm³/mol. The second kappa shape index (κ2) is 10.9. The van der Waals surface area contributed by atoms with Crippen molar-refractivity contribution >= 4 is 17.6 Å². The molecule has 8 nitrogen and oxygen atoms in total. The first kappa shape index (κ1) is 22.7. The van der Waals surface area contributed by atoms with E-state index in [-0.39, 0.29) is 31.0 Å². The highest BCUT2D eigenvalue weighted by Crippen LogP contribution is 2.33. The van der Waals surface area contributed by atoms with Gasteiger partial charge in [-0.25, -0.2) is 5.01 Å². The van der Waals surface area contributed by atoms with Crippen molar-refractivity contribution in [2.24, 2.45) is 5.10 Å². The lowest BCUT2D eigenvalue weighted by Crippen LogP contribution is -2.42. The molecule has 0 spiro atoms. The quantitative estimate of drug-likeness (QED) is 0.542. The smallest absolute Gasteiger partial charge is 0.320 e. The van der Waals surface area contributed by atoms with E-state index in [0.717, 1.165) is 16.8 Å². The molecule has 0 fully saturated rings. The van der Waals surface area contributed by atoms with Gasteiger partial charge in [-0.15, -0.1) is 0 Å². The number of hydrazone groups is 1. The molecular weight excluding hydrogens is 398 g/mol. The van der Waals surface area contributed by atoms with E-state index in [9.17, 15) is 9.59 Å². The minimum absolute atomic E-state index is 0.0106. The van der Waals surface area contributed by atoms with Crippen LogP contribution in [0.5, 0.6) is 0 Å². The standard InChI is InChI=1S/C23H29N3O5/c1-4-30-23(28)16-25(11-13-29-3)15-22(27)26-20(21-6-5-12-31-21)14-19(24-26)18-9-7-17(2)8-10-18/h5-10,12,20H,4,11,13-16H2,1-3H3/t20-/m0/s1. The van der Waals surface area contributed by atoms with E-state index >= 15 is 0 Å². The zero-order chi connectivity index (χ0) is 22.2. The van der Waals surface area contributed by atoms with E-state index in [1.165, 1.54) is 5.01 Å². The molecule has 1 atom stereocenters. The third-order valence-corrected chi connectivity index (χ3v) is 5.05. The van der Waals surface area contributed by atoms with Crippen molar-refractivity contribution in [2.75, 3.05) is 40.0 Å². The monoisotopic (exact) mass is 427 g/mol. The molecule has 0 saturated heterocycles. The molecule has 0 aliphatic carbocycles. The van der Waals surface area contributed by atoms with Gasteiger partial charge < -0.3 is 13.9 Å². The van der Waals surface area contributed by atoms with Gasteiger partial charge in [-0.3, -0.25) is 14.5 Å². The topological polar surface area (TPSA) is 84.6 Å². The van der Waals surface area contributed by atoms with E-state index in [4.69, 9.17) is 13.9 Å². The summed E-state index contributed by atoms with van der Waals surface area (Å²) in [7, 11) is 1.58. The van der Waals surface area contributed by atoms with Gasteiger partial charge in [-0.1, -0.05) is 29.8 Å². The van der Waals surface area contributed by atoms with Gasteiger partial charge in [0.2, 0.25) is 0 Å². The van der Waals surface area contributed by atoms with Gasteiger partial charge in [0.15, 0.2) is 0 Å². The first-order valence-electron chi connectivity index (χ1n) is 10.4.